The highest BCUT2D eigenvalue weighted by Gasteiger charge is 2.25. The summed E-state index contributed by atoms with van der Waals surface area (Å²) in [5.41, 5.74) is 8.07. The number of hydrogen-bond donors (Lipinski definition) is 2. The van der Waals surface area contributed by atoms with Crippen LogP contribution in [0.4, 0.5) is 5.69 Å². The van der Waals surface area contributed by atoms with Crippen LogP contribution >= 0.6 is 0 Å². The quantitative estimate of drug-likeness (QED) is 0.861. The largest absolute Gasteiger partial charge is 0.325 e. The number of carbonyl (C=O) groups is 1. The maximum absolute atomic E-state index is 12.1. The fourth-order valence-electron chi connectivity index (χ4n) is 2.57. The first kappa shape index (κ1) is 13.1. The van der Waals surface area contributed by atoms with Crippen molar-refractivity contribution in [1.29, 1.82) is 0 Å². The van der Waals surface area contributed by atoms with Gasteiger partial charge in [0.25, 0.3) is 0 Å². The molecule has 1 fully saturated rings. The molecule has 3 heteroatoms. The molecule has 1 aromatic carbocycles. The molecule has 0 heterocycles. The van der Waals surface area contributed by atoms with Crippen LogP contribution in [0.25, 0.3) is 0 Å². The third-order valence-electron chi connectivity index (χ3n) is 3.78. The monoisotopic (exact) mass is 246 g/mol. The summed E-state index contributed by atoms with van der Waals surface area (Å²) in [5, 5.41) is 2.90. The second-order valence-electron chi connectivity index (χ2n) is 5.28. The highest BCUT2D eigenvalue weighted by Crippen LogP contribution is 2.26. The Morgan fingerprint density at radius 1 is 1.22 bits per heavy atom. The molecule has 3 N–H and O–H groups in total. The van der Waals surface area contributed by atoms with Crippen LogP contribution in [-0.2, 0) is 4.79 Å². The summed E-state index contributed by atoms with van der Waals surface area (Å²) in [7, 11) is 0. The normalized spacial score (nSPS) is 18.3. The Hall–Kier alpha value is -1.35. The molecule has 0 aliphatic heterocycles. The zero-order valence-electron chi connectivity index (χ0n) is 11.0. The number of hydrogen-bond acceptors (Lipinski definition) is 2. The number of nitrogens with two attached hydrogens (primary N) is 1. The molecule has 1 atom stereocenters. The Bertz CT molecular complexity index is 393. The summed E-state index contributed by atoms with van der Waals surface area (Å²) in [6.07, 6.45) is 5.86. The van der Waals surface area contributed by atoms with Crippen molar-refractivity contribution in [1.82, 2.24) is 0 Å². The van der Waals surface area contributed by atoms with Gasteiger partial charge in [0.05, 0.1) is 6.04 Å². The van der Waals surface area contributed by atoms with Crippen LogP contribution in [-0.4, -0.2) is 11.9 Å². The summed E-state index contributed by atoms with van der Waals surface area (Å²) in [6, 6.07) is 7.44. The molecule has 3 nitrogen and oxygen atoms in total. The Balaban J connectivity index is 1.92. The highest BCUT2D eigenvalue weighted by molar-refractivity contribution is 5.94. The van der Waals surface area contributed by atoms with Gasteiger partial charge >= 0.3 is 0 Å². The van der Waals surface area contributed by atoms with Crippen molar-refractivity contribution >= 4 is 11.6 Å². The van der Waals surface area contributed by atoms with E-state index in [2.05, 4.69) is 5.32 Å². The molecule has 2 rings (SSSR count). The molecule has 18 heavy (non-hydrogen) atoms. The number of aryl methyl sites for hydroxylation is 1. The Morgan fingerprint density at radius 3 is 2.44 bits per heavy atom. The topological polar surface area (TPSA) is 55.1 Å². The molecule has 0 bridgehead atoms. The minimum absolute atomic E-state index is 0.0502. The summed E-state index contributed by atoms with van der Waals surface area (Å²) < 4.78 is 0. The summed E-state index contributed by atoms with van der Waals surface area (Å²) in [6.45, 7) is 2.03. The number of carbonyl (C=O) groups excluding carboxylic acids is 1. The summed E-state index contributed by atoms with van der Waals surface area (Å²) in [4.78, 5) is 12.1. The second kappa shape index (κ2) is 6.01. The third kappa shape index (κ3) is 3.33. The van der Waals surface area contributed by atoms with Crippen molar-refractivity contribution in [2.24, 2.45) is 11.7 Å². The van der Waals surface area contributed by atoms with E-state index in [0.29, 0.717) is 5.92 Å². The minimum Gasteiger partial charge on any atom is -0.325 e. The number of amides is 1. The van der Waals surface area contributed by atoms with E-state index in [-0.39, 0.29) is 11.9 Å². The lowest BCUT2D eigenvalue weighted by atomic mass is 9.84. The molecule has 1 aliphatic rings. The van der Waals surface area contributed by atoms with Crippen LogP contribution in [0.2, 0.25) is 0 Å². The van der Waals surface area contributed by atoms with Gasteiger partial charge in [-0.25, -0.2) is 0 Å². The van der Waals surface area contributed by atoms with Crippen LogP contribution in [0, 0.1) is 12.8 Å². The fraction of sp³-hybridized carbons (Fsp3) is 0.533. The van der Waals surface area contributed by atoms with Gasteiger partial charge in [-0.1, -0.05) is 37.0 Å². The first-order valence-corrected chi connectivity index (χ1v) is 6.80. The lowest BCUT2D eigenvalue weighted by molar-refractivity contribution is -0.118. The number of anilines is 1. The van der Waals surface area contributed by atoms with Gasteiger partial charge in [0, 0.05) is 5.69 Å². The second-order valence-corrected chi connectivity index (χ2v) is 5.28. The van der Waals surface area contributed by atoms with Crippen molar-refractivity contribution in [3.63, 3.8) is 0 Å². The standard InChI is InChI=1S/C15H22N2O/c1-11-7-9-13(10-8-11)17-15(18)14(16)12-5-3-2-4-6-12/h7-10,12,14H,2-6,16H2,1H3,(H,17,18). The van der Waals surface area contributed by atoms with Crippen molar-refractivity contribution in [2.75, 3.05) is 5.32 Å². The Kier molecular flexibility index (Phi) is 4.37. The lowest BCUT2D eigenvalue weighted by Crippen LogP contribution is -2.42. The van der Waals surface area contributed by atoms with Gasteiger partial charge in [-0.3, -0.25) is 4.79 Å². The molecular formula is C15H22N2O. The van der Waals surface area contributed by atoms with Gasteiger partial charge in [0.1, 0.15) is 0 Å². The molecule has 0 radical (unpaired) electrons. The van der Waals surface area contributed by atoms with E-state index in [0.717, 1.165) is 18.5 Å². The van der Waals surface area contributed by atoms with Crippen LogP contribution in [0.15, 0.2) is 24.3 Å². The number of rotatable bonds is 3. The molecule has 0 saturated heterocycles. The molecule has 0 aromatic heterocycles. The molecule has 1 aromatic rings. The van der Waals surface area contributed by atoms with Crippen molar-refractivity contribution in [3.05, 3.63) is 29.8 Å². The Labute approximate surface area is 109 Å². The van der Waals surface area contributed by atoms with E-state index in [9.17, 15) is 4.79 Å². The smallest absolute Gasteiger partial charge is 0.241 e. The van der Waals surface area contributed by atoms with E-state index in [1.165, 1.54) is 24.8 Å². The van der Waals surface area contributed by atoms with Gasteiger partial charge in [0.15, 0.2) is 0 Å². The van der Waals surface area contributed by atoms with Crippen LogP contribution in [0.3, 0.4) is 0 Å². The Morgan fingerprint density at radius 2 is 1.83 bits per heavy atom. The van der Waals surface area contributed by atoms with E-state index in [1.54, 1.807) is 0 Å². The van der Waals surface area contributed by atoms with E-state index in [1.807, 2.05) is 31.2 Å². The summed E-state index contributed by atoms with van der Waals surface area (Å²) >= 11 is 0. The molecule has 0 spiro atoms. The molecule has 1 aliphatic carbocycles. The maximum Gasteiger partial charge on any atom is 0.241 e. The SMILES string of the molecule is Cc1ccc(NC(=O)C(N)C2CCCCC2)cc1. The van der Waals surface area contributed by atoms with Gasteiger partial charge < -0.3 is 11.1 Å². The minimum atomic E-state index is -0.369. The lowest BCUT2D eigenvalue weighted by Gasteiger charge is -2.26. The molecule has 98 valence electrons. The van der Waals surface area contributed by atoms with Crippen molar-refractivity contribution in [2.45, 2.75) is 45.1 Å². The number of nitrogens with one attached hydrogen (secondary N) is 1. The first-order valence-electron chi connectivity index (χ1n) is 6.80. The third-order valence-corrected chi connectivity index (χ3v) is 3.78. The molecular weight excluding hydrogens is 224 g/mol. The van der Waals surface area contributed by atoms with E-state index in [4.69, 9.17) is 5.73 Å². The fourth-order valence-corrected chi connectivity index (χ4v) is 2.57. The average Bonchev–Trinajstić information content (AvgIpc) is 2.41. The average molecular weight is 246 g/mol. The molecule has 1 amide bonds. The first-order chi connectivity index (χ1) is 8.66. The van der Waals surface area contributed by atoms with Gasteiger partial charge in [0.2, 0.25) is 5.91 Å². The molecule has 1 unspecified atom stereocenters. The molecule has 1 saturated carbocycles. The van der Waals surface area contributed by atoms with Gasteiger partial charge in [-0.2, -0.15) is 0 Å². The zero-order chi connectivity index (χ0) is 13.0. The predicted molar refractivity (Wildman–Crippen MR) is 74.4 cm³/mol. The van der Waals surface area contributed by atoms with Crippen molar-refractivity contribution < 1.29 is 4.79 Å². The zero-order valence-corrected chi connectivity index (χ0v) is 11.0. The van der Waals surface area contributed by atoms with Crippen LogP contribution in [0.5, 0.6) is 0 Å². The van der Waals surface area contributed by atoms with Gasteiger partial charge in [-0.15, -0.1) is 0 Å². The number of benzene rings is 1. The van der Waals surface area contributed by atoms with E-state index < -0.39 is 0 Å². The maximum atomic E-state index is 12.1. The highest BCUT2D eigenvalue weighted by atomic mass is 16.2. The van der Waals surface area contributed by atoms with E-state index >= 15 is 0 Å². The predicted octanol–water partition coefficient (Wildman–Crippen LogP) is 2.84. The van der Waals surface area contributed by atoms with Crippen LogP contribution < -0.4 is 11.1 Å². The summed E-state index contributed by atoms with van der Waals surface area (Å²) in [5.74, 6) is 0.301. The van der Waals surface area contributed by atoms with Crippen molar-refractivity contribution in [3.8, 4) is 0 Å². The van der Waals surface area contributed by atoms with Crippen LogP contribution in [0.1, 0.15) is 37.7 Å². The van der Waals surface area contributed by atoms with Gasteiger partial charge in [-0.05, 0) is 37.8 Å².